The third kappa shape index (κ3) is 3.26. The summed E-state index contributed by atoms with van der Waals surface area (Å²) in [6.07, 6.45) is 0. The minimum Gasteiger partial charge on any atom is -0.481 e. The lowest BCUT2D eigenvalue weighted by atomic mass is 10.2. The molecule has 0 spiro atoms. The lowest BCUT2D eigenvalue weighted by Crippen LogP contribution is -2.31. The zero-order chi connectivity index (χ0) is 16.4. The number of nitrogens with one attached hydrogen (secondary N) is 1. The zero-order valence-electron chi connectivity index (χ0n) is 12.2. The number of nitrogens with zero attached hydrogens (tertiary/aromatic N) is 1. The molecule has 1 amide bonds. The minimum absolute atomic E-state index is 0.0606. The van der Waals surface area contributed by atoms with Crippen LogP contribution in [0.2, 0.25) is 0 Å². The van der Waals surface area contributed by atoms with Gasteiger partial charge in [0, 0.05) is 17.5 Å². The molecule has 120 valence electrons. The van der Waals surface area contributed by atoms with Crippen LogP contribution in [0.15, 0.2) is 23.6 Å². The van der Waals surface area contributed by atoms with E-state index < -0.39 is 11.9 Å². The highest BCUT2D eigenvalue weighted by atomic mass is 32.1. The average Bonchev–Trinajstić information content (AvgIpc) is 3.19. The van der Waals surface area contributed by atoms with Gasteiger partial charge in [0.15, 0.2) is 11.5 Å². The molecule has 0 aliphatic carbocycles. The normalized spacial score (nSPS) is 13.6. The van der Waals surface area contributed by atoms with E-state index in [4.69, 9.17) is 14.6 Å². The Hall–Kier alpha value is -2.61. The topological polar surface area (TPSA) is 97.8 Å². The summed E-state index contributed by atoms with van der Waals surface area (Å²) in [6.45, 7) is 1.79. The molecule has 7 nitrogen and oxygen atoms in total. The van der Waals surface area contributed by atoms with Gasteiger partial charge in [-0.3, -0.25) is 9.59 Å². The summed E-state index contributed by atoms with van der Waals surface area (Å²) in [6, 6.07) is 5.46. The first-order chi connectivity index (χ1) is 11.0. The van der Waals surface area contributed by atoms with E-state index in [9.17, 15) is 9.59 Å². The summed E-state index contributed by atoms with van der Waals surface area (Å²) in [4.78, 5) is 27.0. The Morgan fingerprint density at radius 1 is 1.39 bits per heavy atom. The van der Waals surface area contributed by atoms with Crippen molar-refractivity contribution in [2.45, 2.75) is 6.92 Å². The highest BCUT2D eigenvalue weighted by molar-refractivity contribution is 7.13. The van der Waals surface area contributed by atoms with Crippen LogP contribution in [-0.2, 0) is 4.79 Å². The molecule has 3 rings (SSSR count). The SMILES string of the molecule is CC(CNC(=O)c1csc(-c2ccc3c(c2)OCO3)n1)C(=O)O. The lowest BCUT2D eigenvalue weighted by Gasteiger charge is -2.06. The highest BCUT2D eigenvalue weighted by Crippen LogP contribution is 2.36. The van der Waals surface area contributed by atoms with Crippen LogP contribution in [0.3, 0.4) is 0 Å². The van der Waals surface area contributed by atoms with Crippen molar-refractivity contribution in [3.8, 4) is 22.1 Å². The van der Waals surface area contributed by atoms with Gasteiger partial charge < -0.3 is 19.9 Å². The largest absolute Gasteiger partial charge is 0.481 e. The molecule has 23 heavy (non-hydrogen) atoms. The van der Waals surface area contributed by atoms with Crippen molar-refractivity contribution in [1.82, 2.24) is 10.3 Å². The van der Waals surface area contributed by atoms with Crippen molar-refractivity contribution in [1.29, 1.82) is 0 Å². The van der Waals surface area contributed by atoms with Crippen LogP contribution in [0.25, 0.3) is 10.6 Å². The third-order valence-corrected chi connectivity index (χ3v) is 4.24. The molecule has 8 heteroatoms. The molecule has 1 atom stereocenters. The van der Waals surface area contributed by atoms with Gasteiger partial charge >= 0.3 is 5.97 Å². The molecular formula is C15H14N2O5S. The molecule has 2 N–H and O–H groups in total. The molecular weight excluding hydrogens is 320 g/mol. The second-order valence-corrected chi connectivity index (χ2v) is 5.91. The maximum absolute atomic E-state index is 12.0. The molecule has 2 heterocycles. The summed E-state index contributed by atoms with van der Waals surface area (Å²) in [5.41, 5.74) is 1.09. The van der Waals surface area contributed by atoms with Crippen molar-refractivity contribution in [3.05, 3.63) is 29.3 Å². The van der Waals surface area contributed by atoms with Crippen LogP contribution in [0.5, 0.6) is 11.5 Å². The Balaban J connectivity index is 1.70. The van der Waals surface area contributed by atoms with E-state index in [0.29, 0.717) is 16.5 Å². The Morgan fingerprint density at radius 2 is 2.17 bits per heavy atom. The van der Waals surface area contributed by atoms with Crippen LogP contribution in [-0.4, -0.2) is 35.3 Å². The predicted molar refractivity (Wildman–Crippen MR) is 82.8 cm³/mol. The molecule has 0 saturated carbocycles. The Labute approximate surface area is 135 Å². The highest BCUT2D eigenvalue weighted by Gasteiger charge is 2.18. The van der Waals surface area contributed by atoms with Gasteiger partial charge in [0.25, 0.3) is 5.91 Å². The molecule has 0 fully saturated rings. The van der Waals surface area contributed by atoms with E-state index in [1.807, 2.05) is 12.1 Å². The molecule has 1 aromatic heterocycles. The van der Waals surface area contributed by atoms with E-state index >= 15 is 0 Å². The number of rotatable bonds is 5. The van der Waals surface area contributed by atoms with Gasteiger partial charge in [0.2, 0.25) is 6.79 Å². The van der Waals surface area contributed by atoms with Crippen LogP contribution in [0, 0.1) is 5.92 Å². The number of carboxylic acids is 1. The number of amides is 1. The van der Waals surface area contributed by atoms with Crippen molar-refractivity contribution < 1.29 is 24.2 Å². The summed E-state index contributed by atoms with van der Waals surface area (Å²) >= 11 is 1.33. The van der Waals surface area contributed by atoms with Crippen molar-refractivity contribution >= 4 is 23.2 Å². The van der Waals surface area contributed by atoms with E-state index in [-0.39, 0.29) is 24.9 Å². The number of thiazole rings is 1. The van der Waals surface area contributed by atoms with E-state index in [0.717, 1.165) is 5.56 Å². The van der Waals surface area contributed by atoms with Gasteiger partial charge in [0.1, 0.15) is 10.7 Å². The number of carbonyl (C=O) groups excluding carboxylic acids is 1. The van der Waals surface area contributed by atoms with Crippen molar-refractivity contribution in [2.75, 3.05) is 13.3 Å². The van der Waals surface area contributed by atoms with Crippen molar-refractivity contribution in [3.63, 3.8) is 0 Å². The lowest BCUT2D eigenvalue weighted by molar-refractivity contribution is -0.140. The first-order valence-electron chi connectivity index (χ1n) is 6.91. The smallest absolute Gasteiger partial charge is 0.308 e. The second-order valence-electron chi connectivity index (χ2n) is 5.06. The first kappa shape index (κ1) is 15.3. The molecule has 0 saturated heterocycles. The van der Waals surface area contributed by atoms with Gasteiger partial charge in [-0.1, -0.05) is 6.92 Å². The monoisotopic (exact) mass is 334 g/mol. The molecule has 1 aromatic carbocycles. The summed E-state index contributed by atoms with van der Waals surface area (Å²) in [5, 5.41) is 13.7. The number of hydrogen-bond donors (Lipinski definition) is 2. The Morgan fingerprint density at radius 3 is 2.96 bits per heavy atom. The molecule has 2 aromatic rings. The number of carbonyl (C=O) groups is 2. The van der Waals surface area contributed by atoms with Gasteiger partial charge in [-0.05, 0) is 18.2 Å². The van der Waals surface area contributed by atoms with E-state index in [1.165, 1.54) is 18.3 Å². The molecule has 1 aliphatic rings. The number of benzene rings is 1. The average molecular weight is 334 g/mol. The van der Waals surface area contributed by atoms with Crippen LogP contribution < -0.4 is 14.8 Å². The standard InChI is InChI=1S/C15H14N2O5S/c1-8(15(19)20)5-16-13(18)10-6-23-14(17-10)9-2-3-11-12(4-9)22-7-21-11/h2-4,6,8H,5,7H2,1H3,(H,16,18)(H,19,20). The minimum atomic E-state index is -0.954. The fourth-order valence-corrected chi connectivity index (χ4v) is 2.76. The maximum atomic E-state index is 12.0. The maximum Gasteiger partial charge on any atom is 0.308 e. The quantitative estimate of drug-likeness (QED) is 0.868. The van der Waals surface area contributed by atoms with Gasteiger partial charge in [0.05, 0.1) is 5.92 Å². The number of hydrogen-bond acceptors (Lipinski definition) is 6. The predicted octanol–water partition coefficient (Wildman–Crippen LogP) is 1.99. The third-order valence-electron chi connectivity index (χ3n) is 3.35. The second kappa shape index (κ2) is 6.25. The van der Waals surface area contributed by atoms with E-state index in [1.54, 1.807) is 11.4 Å². The van der Waals surface area contributed by atoms with E-state index in [2.05, 4.69) is 10.3 Å². The number of carboxylic acid groups (broad SMARTS) is 1. The van der Waals surface area contributed by atoms with Gasteiger partial charge in [-0.2, -0.15) is 0 Å². The van der Waals surface area contributed by atoms with Gasteiger partial charge in [-0.25, -0.2) is 4.98 Å². The van der Waals surface area contributed by atoms with Gasteiger partial charge in [-0.15, -0.1) is 11.3 Å². The summed E-state index contributed by atoms with van der Waals surface area (Å²) in [7, 11) is 0. The van der Waals surface area contributed by atoms with Crippen LogP contribution >= 0.6 is 11.3 Å². The molecule has 0 radical (unpaired) electrons. The molecule has 0 bridgehead atoms. The summed E-state index contributed by atoms with van der Waals surface area (Å²) < 4.78 is 10.6. The number of fused-ring (bicyclic) bond motifs is 1. The Bertz CT molecular complexity index is 758. The Kier molecular flexibility index (Phi) is 4.16. The van der Waals surface area contributed by atoms with Crippen molar-refractivity contribution in [2.24, 2.45) is 5.92 Å². The fourth-order valence-electron chi connectivity index (χ4n) is 1.96. The number of aliphatic carboxylic acids is 1. The molecule has 1 unspecified atom stereocenters. The zero-order valence-corrected chi connectivity index (χ0v) is 13.1. The first-order valence-corrected chi connectivity index (χ1v) is 7.79. The van der Waals surface area contributed by atoms with Crippen LogP contribution in [0.1, 0.15) is 17.4 Å². The van der Waals surface area contributed by atoms with Crippen LogP contribution in [0.4, 0.5) is 0 Å². The fraction of sp³-hybridized carbons (Fsp3) is 0.267. The number of ether oxygens (including phenoxy) is 2. The molecule has 1 aliphatic heterocycles. The summed E-state index contributed by atoms with van der Waals surface area (Å²) in [5.74, 6) is -0.651. The number of aromatic nitrogens is 1.